The van der Waals surface area contributed by atoms with Crippen molar-refractivity contribution in [3.63, 3.8) is 0 Å². The van der Waals surface area contributed by atoms with E-state index >= 15 is 0 Å². The highest BCUT2D eigenvalue weighted by Crippen LogP contribution is 1.99. The van der Waals surface area contributed by atoms with Gasteiger partial charge in [-0.1, -0.05) is 5.10 Å². The molecule has 5 heteroatoms. The van der Waals surface area contributed by atoms with Gasteiger partial charge in [0.25, 0.3) is 0 Å². The van der Waals surface area contributed by atoms with E-state index in [1.807, 2.05) is 0 Å². The van der Waals surface area contributed by atoms with Gasteiger partial charge in [0.05, 0.1) is 0 Å². The Labute approximate surface area is 51.8 Å². The lowest BCUT2D eigenvalue weighted by atomic mass is 10.7. The topological polar surface area (TPSA) is 74.2 Å². The maximum Gasteiger partial charge on any atom is 0.414 e. The second kappa shape index (κ2) is 3.03. The molecular weight excluding hydrogens is 122 g/mol. The second-order valence-corrected chi connectivity index (χ2v) is 1.34. The summed E-state index contributed by atoms with van der Waals surface area (Å²) in [5.41, 5.74) is 5.13. The predicted octanol–water partition coefficient (Wildman–Crippen LogP) is -0.593. The van der Waals surface area contributed by atoms with Crippen LogP contribution in [0.2, 0.25) is 0 Å². The molecule has 1 aromatic heterocycles. The van der Waals surface area contributed by atoms with Crippen molar-refractivity contribution < 1.29 is 9.15 Å². The first-order valence-corrected chi connectivity index (χ1v) is 2.52. The van der Waals surface area contributed by atoms with Gasteiger partial charge in [0.1, 0.15) is 6.61 Å². The van der Waals surface area contributed by atoms with E-state index in [1.54, 1.807) is 0 Å². The van der Waals surface area contributed by atoms with Crippen molar-refractivity contribution in [3.05, 3.63) is 6.39 Å². The summed E-state index contributed by atoms with van der Waals surface area (Å²) in [7, 11) is 0. The number of hydrogen-bond acceptors (Lipinski definition) is 5. The van der Waals surface area contributed by atoms with Gasteiger partial charge >= 0.3 is 6.08 Å². The van der Waals surface area contributed by atoms with E-state index in [4.69, 9.17) is 10.5 Å². The second-order valence-electron chi connectivity index (χ2n) is 1.34. The van der Waals surface area contributed by atoms with Crippen LogP contribution in [0.4, 0.5) is 0 Å². The van der Waals surface area contributed by atoms with E-state index in [2.05, 4.69) is 14.6 Å². The van der Waals surface area contributed by atoms with Gasteiger partial charge < -0.3 is 14.9 Å². The molecule has 0 aromatic carbocycles. The Hall–Kier alpha value is -1.10. The SMILES string of the molecule is NCCOc1nnco1. The molecule has 0 aliphatic heterocycles. The summed E-state index contributed by atoms with van der Waals surface area (Å²) in [5, 5.41) is 6.85. The molecule has 0 fully saturated rings. The van der Waals surface area contributed by atoms with Crippen LogP contribution in [0.3, 0.4) is 0 Å². The van der Waals surface area contributed by atoms with Gasteiger partial charge in [0.15, 0.2) is 0 Å². The summed E-state index contributed by atoms with van der Waals surface area (Å²) in [5.74, 6) is 0. The monoisotopic (exact) mass is 129 g/mol. The fourth-order valence-corrected chi connectivity index (χ4v) is 0.372. The van der Waals surface area contributed by atoms with Gasteiger partial charge in [0, 0.05) is 6.54 Å². The smallest absolute Gasteiger partial charge is 0.414 e. The number of hydrogen-bond donors (Lipinski definition) is 1. The molecule has 0 aliphatic carbocycles. The average molecular weight is 129 g/mol. The van der Waals surface area contributed by atoms with Crippen LogP contribution < -0.4 is 10.5 Å². The van der Waals surface area contributed by atoms with Crippen molar-refractivity contribution >= 4 is 0 Å². The lowest BCUT2D eigenvalue weighted by Gasteiger charge is -1.93. The van der Waals surface area contributed by atoms with Gasteiger partial charge in [-0.25, -0.2) is 0 Å². The van der Waals surface area contributed by atoms with Crippen molar-refractivity contribution in [1.82, 2.24) is 10.2 Å². The molecule has 0 atom stereocenters. The lowest BCUT2D eigenvalue weighted by molar-refractivity contribution is 0.237. The van der Waals surface area contributed by atoms with E-state index in [0.717, 1.165) is 0 Å². The van der Waals surface area contributed by atoms with Gasteiger partial charge in [-0.15, -0.1) is 5.10 Å². The Morgan fingerprint density at radius 1 is 1.78 bits per heavy atom. The largest absolute Gasteiger partial charge is 0.448 e. The normalized spacial score (nSPS) is 9.44. The third-order valence-corrected chi connectivity index (χ3v) is 0.683. The van der Waals surface area contributed by atoms with Gasteiger partial charge in [-0.2, -0.15) is 0 Å². The number of nitrogens with two attached hydrogens (primary N) is 1. The summed E-state index contributed by atoms with van der Waals surface area (Å²) in [6.07, 6.45) is 1.37. The van der Waals surface area contributed by atoms with Crippen LogP contribution in [0.1, 0.15) is 0 Å². The fourth-order valence-electron chi connectivity index (χ4n) is 0.372. The highest BCUT2D eigenvalue weighted by Gasteiger charge is 1.94. The van der Waals surface area contributed by atoms with Gasteiger partial charge in [-0.3, -0.25) is 0 Å². The van der Waals surface area contributed by atoms with Crippen LogP contribution in [0, 0.1) is 0 Å². The third-order valence-electron chi connectivity index (χ3n) is 0.683. The molecule has 1 rings (SSSR count). The molecule has 0 bridgehead atoms. The Kier molecular flexibility index (Phi) is 2.03. The van der Waals surface area contributed by atoms with Crippen LogP contribution in [0.15, 0.2) is 10.8 Å². The van der Waals surface area contributed by atoms with Crippen molar-refractivity contribution in [2.24, 2.45) is 5.73 Å². The molecule has 0 radical (unpaired) electrons. The number of ether oxygens (including phenoxy) is 1. The van der Waals surface area contributed by atoms with Crippen molar-refractivity contribution in [2.75, 3.05) is 13.2 Å². The van der Waals surface area contributed by atoms with E-state index in [1.165, 1.54) is 6.39 Å². The van der Waals surface area contributed by atoms with E-state index in [-0.39, 0.29) is 6.08 Å². The van der Waals surface area contributed by atoms with Crippen LogP contribution in [-0.2, 0) is 0 Å². The quantitative estimate of drug-likeness (QED) is 0.590. The Balaban J connectivity index is 2.30. The van der Waals surface area contributed by atoms with E-state index < -0.39 is 0 Å². The molecule has 9 heavy (non-hydrogen) atoms. The van der Waals surface area contributed by atoms with Crippen molar-refractivity contribution in [3.8, 4) is 6.08 Å². The van der Waals surface area contributed by atoms with E-state index in [9.17, 15) is 0 Å². The number of nitrogens with zero attached hydrogens (tertiary/aromatic N) is 2. The molecule has 0 spiro atoms. The zero-order valence-electron chi connectivity index (χ0n) is 4.78. The van der Waals surface area contributed by atoms with Crippen LogP contribution in [0.25, 0.3) is 0 Å². The first kappa shape index (κ1) is 6.03. The Morgan fingerprint density at radius 2 is 2.67 bits per heavy atom. The zero-order valence-corrected chi connectivity index (χ0v) is 4.78. The maximum atomic E-state index is 5.13. The molecule has 1 aromatic rings. The minimum absolute atomic E-state index is 0.167. The van der Waals surface area contributed by atoms with Crippen LogP contribution >= 0.6 is 0 Å². The first-order valence-electron chi connectivity index (χ1n) is 2.52. The fraction of sp³-hybridized carbons (Fsp3) is 0.500. The molecular formula is C4H7N3O2. The Morgan fingerprint density at radius 3 is 3.22 bits per heavy atom. The van der Waals surface area contributed by atoms with Crippen molar-refractivity contribution in [2.45, 2.75) is 0 Å². The lowest BCUT2D eigenvalue weighted by Crippen LogP contribution is -2.10. The van der Waals surface area contributed by atoms with Gasteiger partial charge in [-0.05, 0) is 0 Å². The highest BCUT2D eigenvalue weighted by molar-refractivity contribution is 4.76. The maximum absolute atomic E-state index is 5.13. The van der Waals surface area contributed by atoms with E-state index in [0.29, 0.717) is 13.2 Å². The molecule has 0 unspecified atom stereocenters. The Bertz CT molecular complexity index is 151. The zero-order chi connectivity index (χ0) is 6.53. The summed E-state index contributed by atoms with van der Waals surface area (Å²) in [6, 6.07) is 0. The van der Waals surface area contributed by atoms with Crippen LogP contribution in [0.5, 0.6) is 6.08 Å². The average Bonchev–Trinajstić information content (AvgIpc) is 2.34. The highest BCUT2D eigenvalue weighted by atomic mass is 16.6. The molecule has 0 saturated carbocycles. The standard InChI is InChI=1S/C4H7N3O2/c5-1-2-8-4-7-6-3-9-4/h3H,1-2,5H2. The van der Waals surface area contributed by atoms with Gasteiger partial charge in [0.2, 0.25) is 6.39 Å². The molecule has 0 saturated heterocycles. The molecule has 0 aliphatic rings. The number of rotatable bonds is 3. The first-order chi connectivity index (χ1) is 4.43. The molecule has 5 nitrogen and oxygen atoms in total. The molecule has 50 valence electrons. The summed E-state index contributed by atoms with van der Waals surface area (Å²) >= 11 is 0. The molecule has 0 amide bonds. The van der Waals surface area contributed by atoms with Crippen molar-refractivity contribution in [1.29, 1.82) is 0 Å². The predicted molar refractivity (Wildman–Crippen MR) is 28.8 cm³/mol. The summed E-state index contributed by atoms with van der Waals surface area (Å²) in [6.45, 7) is 0.852. The molecule has 1 heterocycles. The number of aromatic nitrogens is 2. The third kappa shape index (κ3) is 1.69. The van der Waals surface area contributed by atoms with Crippen LogP contribution in [-0.4, -0.2) is 23.3 Å². The summed E-state index contributed by atoms with van der Waals surface area (Å²) in [4.78, 5) is 0. The summed E-state index contributed by atoms with van der Waals surface area (Å²) < 4.78 is 9.47. The molecule has 2 N–H and O–H groups in total. The minimum Gasteiger partial charge on any atom is -0.448 e. The minimum atomic E-state index is 0.167.